The van der Waals surface area contributed by atoms with E-state index in [4.69, 9.17) is 0 Å². The van der Waals surface area contributed by atoms with Gasteiger partial charge < -0.3 is 19.8 Å². The van der Waals surface area contributed by atoms with E-state index >= 15 is 0 Å². The van der Waals surface area contributed by atoms with Crippen molar-refractivity contribution in [2.45, 2.75) is 69.2 Å². The molecule has 6 aliphatic heterocycles. The third-order valence-electron chi connectivity index (χ3n) is 14.2. The molecule has 0 aliphatic carbocycles. The normalized spacial score (nSPS) is 22.3. The maximum absolute atomic E-state index is 14.5. The quantitative estimate of drug-likeness (QED) is 0.162. The molecule has 67 heavy (non-hydrogen) atoms. The fourth-order valence-electron chi connectivity index (χ4n) is 10.8. The standard InChI is InChI=1S/C48H45FN10O7S/c49-29-3-10-39(60)36(20-29)42(44(63)52-48-50-15-18-67-48)58-23-28-2-1-27(19-34(28)45(58)64)37-8-11-40(54-53-37)55-16-13-26(14-17-55)22-57-31-4-5-32(57)25-56(24-31)30-6-7-33-35(21-30)47(66)59(46(33)65)38-9-12-41(61)51-43(38)62/h1-3,6-8,10-11,15,18-21,26,31-32,38,42,60H,4-5,9,12-14,16-17,22-25H2,(H,50,52,63)(H,51,61,62). The number of fused-ring (bicyclic) bond motifs is 4. The Morgan fingerprint density at radius 3 is 2.36 bits per heavy atom. The Morgan fingerprint density at radius 2 is 1.63 bits per heavy atom. The third kappa shape index (κ3) is 7.74. The molecule has 8 heterocycles. The summed E-state index contributed by atoms with van der Waals surface area (Å²) in [4.78, 5) is 92.4. The van der Waals surface area contributed by atoms with Gasteiger partial charge in [-0.05, 0) is 98.2 Å². The van der Waals surface area contributed by atoms with E-state index < -0.39 is 53.3 Å². The van der Waals surface area contributed by atoms with Crippen LogP contribution in [0.3, 0.4) is 0 Å². The minimum Gasteiger partial charge on any atom is -0.508 e. The predicted octanol–water partition coefficient (Wildman–Crippen LogP) is 4.75. The first-order valence-electron chi connectivity index (χ1n) is 22.6. The largest absolute Gasteiger partial charge is 0.508 e. The lowest BCUT2D eigenvalue weighted by Crippen LogP contribution is -2.55. The number of aromatic hydroxyl groups is 1. The van der Waals surface area contributed by atoms with Gasteiger partial charge in [0.25, 0.3) is 23.6 Å². The van der Waals surface area contributed by atoms with Crippen molar-refractivity contribution in [1.82, 2.24) is 35.2 Å². The molecule has 3 N–H and O–H groups in total. The smallest absolute Gasteiger partial charge is 0.262 e. The molecule has 3 aromatic carbocycles. The number of piperazine rings is 1. The Balaban J connectivity index is 0.703. The zero-order valence-electron chi connectivity index (χ0n) is 36.1. The first-order valence-corrected chi connectivity index (χ1v) is 23.4. The summed E-state index contributed by atoms with van der Waals surface area (Å²) in [5, 5.41) is 26.8. The molecule has 19 heteroatoms. The fraction of sp³-hybridized carbons (Fsp3) is 0.354. The second kappa shape index (κ2) is 16.9. The number of phenols is 1. The summed E-state index contributed by atoms with van der Waals surface area (Å²) in [5.74, 6) is -2.77. The number of rotatable bonds is 10. The Hall–Kier alpha value is -7.12. The molecule has 0 radical (unpaired) electrons. The fourth-order valence-corrected chi connectivity index (χ4v) is 11.3. The minimum atomic E-state index is -1.33. The van der Waals surface area contributed by atoms with Gasteiger partial charge in [0, 0.05) is 91.7 Å². The Kier molecular flexibility index (Phi) is 10.8. The molecule has 2 bridgehead atoms. The number of imide groups is 2. The highest BCUT2D eigenvalue weighted by Gasteiger charge is 2.46. The van der Waals surface area contributed by atoms with Crippen LogP contribution in [-0.2, 0) is 20.9 Å². The van der Waals surface area contributed by atoms with Crippen LogP contribution in [0.25, 0.3) is 11.3 Å². The molecular weight excluding hydrogens is 880 g/mol. The van der Waals surface area contributed by atoms with Crippen molar-refractivity contribution in [3.8, 4) is 17.0 Å². The molecule has 6 aliphatic rings. The van der Waals surface area contributed by atoms with Crippen molar-refractivity contribution in [3.63, 3.8) is 0 Å². The van der Waals surface area contributed by atoms with Crippen molar-refractivity contribution in [2.75, 3.05) is 47.8 Å². The lowest BCUT2D eigenvalue weighted by molar-refractivity contribution is -0.136. The second-order valence-electron chi connectivity index (χ2n) is 18.1. The van der Waals surface area contributed by atoms with E-state index in [-0.39, 0.29) is 36.3 Å². The first kappa shape index (κ1) is 42.5. The summed E-state index contributed by atoms with van der Waals surface area (Å²) in [6.07, 6.45) is 5.93. The number of anilines is 3. The highest BCUT2D eigenvalue weighted by Crippen LogP contribution is 2.40. The molecule has 0 spiro atoms. The highest BCUT2D eigenvalue weighted by molar-refractivity contribution is 7.13. The van der Waals surface area contributed by atoms with E-state index in [1.165, 1.54) is 22.4 Å². The Bertz CT molecular complexity index is 2840. The molecule has 17 nitrogen and oxygen atoms in total. The number of nitrogens with one attached hydrogen (secondary N) is 2. The topological polar surface area (TPSA) is 202 Å². The van der Waals surface area contributed by atoms with Crippen LogP contribution in [0.5, 0.6) is 5.75 Å². The van der Waals surface area contributed by atoms with Gasteiger partial charge in [-0.15, -0.1) is 21.5 Å². The van der Waals surface area contributed by atoms with E-state index in [1.807, 2.05) is 30.3 Å². The number of benzene rings is 3. The number of hydrogen-bond acceptors (Lipinski definition) is 14. The lowest BCUT2D eigenvalue weighted by Gasteiger charge is -2.44. The summed E-state index contributed by atoms with van der Waals surface area (Å²) < 4.78 is 14.5. The average Bonchev–Trinajstić information content (AvgIpc) is 4.07. The summed E-state index contributed by atoms with van der Waals surface area (Å²) in [6, 6.07) is 16.3. The van der Waals surface area contributed by atoms with Crippen LogP contribution in [0.15, 0.2) is 78.3 Å². The molecule has 4 unspecified atom stereocenters. The van der Waals surface area contributed by atoms with E-state index in [2.05, 4.69) is 40.5 Å². The van der Waals surface area contributed by atoms with Gasteiger partial charge in [0.05, 0.1) is 16.8 Å². The number of hydrogen-bond donors (Lipinski definition) is 3. The molecule has 11 rings (SSSR count). The third-order valence-corrected chi connectivity index (χ3v) is 14.9. The monoisotopic (exact) mass is 924 g/mol. The average molecular weight is 925 g/mol. The van der Waals surface area contributed by atoms with Gasteiger partial charge in [0.2, 0.25) is 11.8 Å². The summed E-state index contributed by atoms with van der Waals surface area (Å²) in [7, 11) is 0. The van der Waals surface area contributed by atoms with E-state index in [1.54, 1.807) is 23.6 Å². The number of aromatic nitrogens is 3. The maximum Gasteiger partial charge on any atom is 0.262 e. The number of thiazole rings is 1. The van der Waals surface area contributed by atoms with E-state index in [0.717, 1.165) is 93.0 Å². The number of amides is 6. The van der Waals surface area contributed by atoms with Crippen LogP contribution < -0.4 is 20.4 Å². The van der Waals surface area contributed by atoms with E-state index in [0.29, 0.717) is 51.1 Å². The first-order chi connectivity index (χ1) is 32.5. The molecule has 0 saturated carbocycles. The van der Waals surface area contributed by atoms with Crippen molar-refractivity contribution < 1.29 is 38.3 Å². The minimum absolute atomic E-state index is 0.0381. The Labute approximate surface area is 387 Å². The number of piperidine rings is 2. The molecule has 4 saturated heterocycles. The van der Waals surface area contributed by atoms with Gasteiger partial charge in [-0.2, -0.15) is 0 Å². The number of carbonyl (C=O) groups is 6. The van der Waals surface area contributed by atoms with Gasteiger partial charge >= 0.3 is 0 Å². The lowest BCUT2D eigenvalue weighted by atomic mass is 9.95. The van der Waals surface area contributed by atoms with Gasteiger partial charge in [-0.3, -0.25) is 49.2 Å². The predicted molar refractivity (Wildman–Crippen MR) is 243 cm³/mol. The SMILES string of the molecule is O=C1CCC(N2C(=O)c3ccc(N4CC5CCC(C4)N5CC4CCN(c5ccc(-c6ccc7c(c6)C(=O)N(C(C(=O)Nc6nccs6)c6cc(F)ccc6O)C7)nn5)CC4)cc3C2=O)C(=O)N1. The van der Waals surface area contributed by atoms with Gasteiger partial charge in [-0.1, -0.05) is 12.1 Å². The number of nitrogens with zero attached hydrogens (tertiary/aromatic N) is 8. The summed E-state index contributed by atoms with van der Waals surface area (Å²) in [6.45, 7) is 4.39. The summed E-state index contributed by atoms with van der Waals surface area (Å²) in [5.41, 5.74) is 3.74. The molecule has 6 amide bonds. The van der Waals surface area contributed by atoms with Crippen LogP contribution in [-0.4, -0.2) is 121 Å². The van der Waals surface area contributed by atoms with Crippen LogP contribution >= 0.6 is 11.3 Å². The zero-order valence-corrected chi connectivity index (χ0v) is 37.0. The molecule has 4 fully saturated rings. The van der Waals surface area contributed by atoms with Crippen LogP contribution in [0.2, 0.25) is 0 Å². The molecule has 5 aromatic rings. The van der Waals surface area contributed by atoms with Crippen LogP contribution in [0.4, 0.5) is 21.0 Å². The van der Waals surface area contributed by atoms with Crippen molar-refractivity contribution in [3.05, 3.63) is 112 Å². The number of carbonyl (C=O) groups excluding carboxylic acids is 6. The second-order valence-corrected chi connectivity index (χ2v) is 19.0. The molecule has 342 valence electrons. The van der Waals surface area contributed by atoms with Crippen molar-refractivity contribution >= 4 is 63.4 Å². The van der Waals surface area contributed by atoms with Crippen molar-refractivity contribution in [2.24, 2.45) is 5.92 Å². The van der Waals surface area contributed by atoms with Gasteiger partial charge in [0.1, 0.15) is 23.7 Å². The number of phenolic OH excluding ortho intramolecular Hbond substituents is 1. The summed E-state index contributed by atoms with van der Waals surface area (Å²) >= 11 is 1.20. The van der Waals surface area contributed by atoms with Crippen LogP contribution in [0.1, 0.15) is 86.8 Å². The van der Waals surface area contributed by atoms with E-state index in [9.17, 15) is 38.3 Å². The highest BCUT2D eigenvalue weighted by atomic mass is 32.1. The molecule has 4 atom stereocenters. The van der Waals surface area contributed by atoms with Gasteiger partial charge in [-0.25, -0.2) is 9.37 Å². The number of halogens is 1. The molecule has 2 aromatic heterocycles. The van der Waals surface area contributed by atoms with Gasteiger partial charge in [0.15, 0.2) is 10.9 Å². The van der Waals surface area contributed by atoms with Crippen molar-refractivity contribution in [1.29, 1.82) is 0 Å². The maximum atomic E-state index is 14.5. The molecular formula is C48H45FN10O7S. The Morgan fingerprint density at radius 1 is 0.836 bits per heavy atom. The zero-order chi connectivity index (χ0) is 46.1. The van der Waals surface area contributed by atoms with Crippen LogP contribution in [0, 0.1) is 11.7 Å².